The number of ether oxygens (including phenoxy) is 3. The van der Waals surface area contributed by atoms with Crippen LogP contribution < -0.4 is 5.32 Å². The molecular formula is C30H42N4O6. The van der Waals surface area contributed by atoms with Crippen LogP contribution >= 0.6 is 0 Å². The summed E-state index contributed by atoms with van der Waals surface area (Å²) in [6.45, 7) is 2.04. The highest BCUT2D eigenvalue weighted by atomic mass is 16.5. The maximum atomic E-state index is 13.9. The Balaban J connectivity index is 1.30. The highest BCUT2D eigenvalue weighted by Crippen LogP contribution is 2.30. The van der Waals surface area contributed by atoms with Gasteiger partial charge in [0.05, 0.1) is 32.6 Å². The van der Waals surface area contributed by atoms with Crippen LogP contribution in [-0.2, 0) is 41.6 Å². The van der Waals surface area contributed by atoms with Crippen molar-refractivity contribution in [3.05, 3.63) is 54.1 Å². The van der Waals surface area contributed by atoms with Gasteiger partial charge in [0.1, 0.15) is 12.1 Å². The predicted molar refractivity (Wildman–Crippen MR) is 148 cm³/mol. The minimum absolute atomic E-state index is 0.0288. The average Bonchev–Trinajstić information content (AvgIpc) is 3.66. The Hall–Kier alpha value is -3.24. The maximum absolute atomic E-state index is 13.9. The van der Waals surface area contributed by atoms with Crippen LogP contribution in [0.15, 0.2) is 42.9 Å². The summed E-state index contributed by atoms with van der Waals surface area (Å²) in [5.41, 5.74) is 1.83. The quantitative estimate of drug-likeness (QED) is 0.272. The smallest absolute Gasteiger partial charge is 0.328 e. The second-order valence-corrected chi connectivity index (χ2v) is 10.7. The molecule has 2 fully saturated rings. The number of esters is 1. The van der Waals surface area contributed by atoms with Crippen LogP contribution in [0.4, 0.5) is 0 Å². The summed E-state index contributed by atoms with van der Waals surface area (Å²) >= 11 is 0. The Labute approximate surface area is 236 Å². The van der Waals surface area contributed by atoms with Crippen molar-refractivity contribution in [2.24, 2.45) is 5.92 Å². The number of hydrogen-bond acceptors (Lipinski definition) is 7. The molecule has 4 rings (SSSR count). The second kappa shape index (κ2) is 15.5. The molecule has 10 nitrogen and oxygen atoms in total. The van der Waals surface area contributed by atoms with Crippen LogP contribution in [0.5, 0.6) is 0 Å². The van der Waals surface area contributed by atoms with Gasteiger partial charge in [-0.05, 0) is 37.2 Å². The molecule has 3 atom stereocenters. The summed E-state index contributed by atoms with van der Waals surface area (Å²) in [4.78, 5) is 48.0. The molecule has 1 aliphatic carbocycles. The third-order valence-electron chi connectivity index (χ3n) is 7.78. The molecule has 0 radical (unpaired) electrons. The van der Waals surface area contributed by atoms with Crippen molar-refractivity contribution in [1.29, 1.82) is 0 Å². The predicted octanol–water partition coefficient (Wildman–Crippen LogP) is 3.17. The van der Waals surface area contributed by atoms with Crippen molar-refractivity contribution >= 4 is 17.8 Å². The van der Waals surface area contributed by atoms with Gasteiger partial charge in [0.25, 0.3) is 0 Å². The Morgan fingerprint density at radius 3 is 2.60 bits per heavy atom. The molecule has 2 heterocycles. The number of likely N-dealkylation sites (tertiary alicyclic amines) is 1. The van der Waals surface area contributed by atoms with Crippen LogP contribution in [0.3, 0.4) is 0 Å². The SMILES string of the molecule is COC(=O)[C@@H]1C[C@@H](OCCCCOCc2ccccc2)CN1C(=O)[C@@H](NC(=O)Cc1cnc[nH]1)C1CCCCC1. The molecule has 2 N–H and O–H groups in total. The molecule has 0 spiro atoms. The lowest BCUT2D eigenvalue weighted by Gasteiger charge is -2.34. The molecule has 1 saturated heterocycles. The first-order valence-corrected chi connectivity index (χ1v) is 14.4. The van der Waals surface area contributed by atoms with Gasteiger partial charge in [-0.1, -0.05) is 49.6 Å². The summed E-state index contributed by atoms with van der Waals surface area (Å²) in [5.74, 6) is -0.911. The Bertz CT molecular complexity index is 1060. The van der Waals surface area contributed by atoms with Crippen LogP contribution in [0, 0.1) is 5.92 Å². The molecule has 1 aromatic heterocycles. The van der Waals surface area contributed by atoms with E-state index in [2.05, 4.69) is 15.3 Å². The fourth-order valence-electron chi connectivity index (χ4n) is 5.65. The van der Waals surface area contributed by atoms with E-state index in [4.69, 9.17) is 14.2 Å². The molecule has 2 aliphatic rings. The van der Waals surface area contributed by atoms with E-state index >= 15 is 0 Å². The number of nitrogens with zero attached hydrogens (tertiary/aromatic N) is 2. The van der Waals surface area contributed by atoms with E-state index in [0.717, 1.165) is 50.5 Å². The summed E-state index contributed by atoms with van der Waals surface area (Å²) in [7, 11) is 1.33. The fraction of sp³-hybridized carbons (Fsp3) is 0.600. The van der Waals surface area contributed by atoms with Gasteiger partial charge in [0, 0.05) is 38.1 Å². The van der Waals surface area contributed by atoms with Crippen molar-refractivity contribution in [2.45, 2.75) is 82.6 Å². The number of amides is 2. The largest absolute Gasteiger partial charge is 0.467 e. The highest BCUT2D eigenvalue weighted by Gasteiger charge is 2.44. The number of nitrogens with one attached hydrogen (secondary N) is 2. The molecule has 2 aromatic rings. The first-order chi connectivity index (χ1) is 19.5. The van der Waals surface area contributed by atoms with E-state index in [-0.39, 0.29) is 30.3 Å². The van der Waals surface area contributed by atoms with Crippen LogP contribution in [0.1, 0.15) is 62.6 Å². The van der Waals surface area contributed by atoms with E-state index in [9.17, 15) is 14.4 Å². The zero-order chi connectivity index (χ0) is 28.2. The number of H-pyrrole nitrogens is 1. The summed E-state index contributed by atoms with van der Waals surface area (Å²) in [6, 6.07) is 8.63. The Kier molecular flexibility index (Phi) is 11.5. The van der Waals surface area contributed by atoms with Gasteiger partial charge in [-0.3, -0.25) is 9.59 Å². The molecule has 218 valence electrons. The first-order valence-electron chi connectivity index (χ1n) is 14.4. The number of rotatable bonds is 14. The maximum Gasteiger partial charge on any atom is 0.328 e. The van der Waals surface area contributed by atoms with Crippen LogP contribution in [-0.4, -0.2) is 77.7 Å². The van der Waals surface area contributed by atoms with Crippen LogP contribution in [0.2, 0.25) is 0 Å². The molecule has 1 saturated carbocycles. The molecule has 1 aromatic carbocycles. The minimum Gasteiger partial charge on any atom is -0.467 e. The highest BCUT2D eigenvalue weighted by molar-refractivity contribution is 5.92. The minimum atomic E-state index is -0.729. The number of carbonyl (C=O) groups is 3. The topological polar surface area (TPSA) is 123 Å². The fourth-order valence-corrected chi connectivity index (χ4v) is 5.65. The summed E-state index contributed by atoms with van der Waals surface area (Å²) in [6.07, 6.45) is 9.90. The molecule has 1 aliphatic heterocycles. The number of hydrogen-bond donors (Lipinski definition) is 2. The lowest BCUT2D eigenvalue weighted by molar-refractivity contribution is -0.152. The van der Waals surface area contributed by atoms with Gasteiger partial charge in [0.2, 0.25) is 11.8 Å². The number of carbonyl (C=O) groups excluding carboxylic acids is 3. The molecule has 0 bridgehead atoms. The van der Waals surface area contributed by atoms with Gasteiger partial charge in [-0.2, -0.15) is 0 Å². The third kappa shape index (κ3) is 8.63. The number of benzene rings is 1. The molecule has 0 unspecified atom stereocenters. The van der Waals surface area contributed by atoms with Gasteiger partial charge < -0.3 is 29.4 Å². The van der Waals surface area contributed by atoms with Gasteiger partial charge in [0.15, 0.2) is 0 Å². The van der Waals surface area contributed by atoms with Crippen molar-refractivity contribution in [2.75, 3.05) is 26.9 Å². The van der Waals surface area contributed by atoms with Gasteiger partial charge in [-0.25, -0.2) is 9.78 Å². The first kappa shape index (κ1) is 29.7. The number of aromatic amines is 1. The zero-order valence-electron chi connectivity index (χ0n) is 23.4. The van der Waals surface area contributed by atoms with E-state index in [1.807, 2.05) is 30.3 Å². The Morgan fingerprint density at radius 2 is 1.88 bits per heavy atom. The number of aromatic nitrogens is 2. The van der Waals surface area contributed by atoms with Crippen molar-refractivity contribution < 1.29 is 28.6 Å². The average molecular weight is 555 g/mol. The number of imidazole rings is 1. The van der Waals surface area contributed by atoms with Gasteiger partial charge >= 0.3 is 5.97 Å². The van der Waals surface area contributed by atoms with Crippen LogP contribution in [0.25, 0.3) is 0 Å². The Morgan fingerprint density at radius 1 is 1.10 bits per heavy atom. The monoisotopic (exact) mass is 554 g/mol. The molecule has 10 heteroatoms. The lowest BCUT2D eigenvalue weighted by atomic mass is 9.83. The van der Waals surface area contributed by atoms with E-state index in [1.165, 1.54) is 13.4 Å². The standard InChI is InChI=1S/C30H42N4O6/c1-38-30(37)26-17-25(40-15-9-8-14-39-20-22-10-4-2-5-11-22)19-34(26)29(36)28(23-12-6-3-7-13-23)33-27(35)16-24-18-31-21-32-24/h2,4-5,10-11,18,21,23,25-26,28H,3,6-9,12-17,19-20H2,1H3,(H,31,32)(H,33,35)/t25-,26+,28+/m1/s1. The number of unbranched alkanes of at least 4 members (excludes halogenated alkanes) is 1. The van der Waals surface area contributed by atoms with E-state index < -0.39 is 18.1 Å². The van der Waals surface area contributed by atoms with Crippen molar-refractivity contribution in [3.8, 4) is 0 Å². The summed E-state index contributed by atoms with van der Waals surface area (Å²) < 4.78 is 16.9. The summed E-state index contributed by atoms with van der Waals surface area (Å²) in [5, 5.41) is 2.99. The molecule has 2 amide bonds. The molecular weight excluding hydrogens is 512 g/mol. The number of methoxy groups -OCH3 is 1. The lowest BCUT2D eigenvalue weighted by Crippen LogP contribution is -2.55. The van der Waals surface area contributed by atoms with Gasteiger partial charge in [-0.15, -0.1) is 0 Å². The normalized spacial score (nSPS) is 20.3. The second-order valence-electron chi connectivity index (χ2n) is 10.7. The van der Waals surface area contributed by atoms with Crippen molar-refractivity contribution in [3.63, 3.8) is 0 Å². The third-order valence-corrected chi connectivity index (χ3v) is 7.78. The van der Waals surface area contributed by atoms with Crippen molar-refractivity contribution in [1.82, 2.24) is 20.2 Å². The van der Waals surface area contributed by atoms with E-state index in [0.29, 0.717) is 38.5 Å². The molecule has 40 heavy (non-hydrogen) atoms. The zero-order valence-corrected chi connectivity index (χ0v) is 23.4. The van der Waals surface area contributed by atoms with E-state index in [1.54, 1.807) is 11.1 Å².